The summed E-state index contributed by atoms with van der Waals surface area (Å²) >= 11 is 1.92. The molecule has 2 aromatic carbocycles. The van der Waals surface area contributed by atoms with Crippen molar-refractivity contribution in [1.29, 1.82) is 0 Å². The number of aromatic nitrogens is 8. The van der Waals surface area contributed by atoms with Gasteiger partial charge in [0.15, 0.2) is 39.2 Å². The summed E-state index contributed by atoms with van der Waals surface area (Å²) in [6.45, 7) is 1.72. The number of fused-ring (bicyclic) bond motifs is 2. The van der Waals surface area contributed by atoms with Gasteiger partial charge in [-0.2, -0.15) is 0 Å². The summed E-state index contributed by atoms with van der Waals surface area (Å²) in [7, 11) is 3.17. The number of hydrogen-bond donors (Lipinski definition) is 8. The third-order valence-corrected chi connectivity index (χ3v) is 14.2. The van der Waals surface area contributed by atoms with Crippen LogP contribution >= 0.6 is 22.6 Å². The first-order valence-corrected chi connectivity index (χ1v) is 26.3. The van der Waals surface area contributed by atoms with Gasteiger partial charge in [0, 0.05) is 61.6 Å². The highest BCUT2D eigenvalue weighted by Crippen LogP contribution is 2.34. The number of hydrogen-bond acceptors (Lipinski definition) is 22. The van der Waals surface area contributed by atoms with Crippen molar-refractivity contribution in [1.82, 2.24) is 48.8 Å². The summed E-state index contributed by atoms with van der Waals surface area (Å²) in [5.74, 6) is 12.5. The van der Waals surface area contributed by atoms with E-state index in [0.29, 0.717) is 87.8 Å². The van der Waals surface area contributed by atoms with Crippen molar-refractivity contribution in [3.63, 3.8) is 0 Å². The van der Waals surface area contributed by atoms with Gasteiger partial charge in [0.2, 0.25) is 5.82 Å². The van der Waals surface area contributed by atoms with Gasteiger partial charge in [-0.3, -0.25) is 9.13 Å². The number of likely N-dealkylation sites (tertiary alicyclic amines) is 2. The van der Waals surface area contributed by atoms with E-state index in [9.17, 15) is 35.1 Å². The molecule has 0 radical (unpaired) electrons. The quantitative estimate of drug-likeness (QED) is 0.0554. The van der Waals surface area contributed by atoms with Gasteiger partial charge in [0.25, 0.3) is 0 Å². The molecule has 10 rings (SSSR count). The fourth-order valence-electron chi connectivity index (χ4n) is 9.20. The Morgan fingerprint density at radius 2 is 1.06 bits per heavy atom. The maximum atomic E-state index is 12.5. The number of ether oxygens (including phenoxy) is 6. The number of nitrogen functional groups attached to an aromatic ring is 2. The number of carbonyl (C=O) groups excluding carboxylic acids is 2. The molecule has 420 valence electrons. The Morgan fingerprint density at radius 3 is 1.48 bits per heavy atom. The number of benzene rings is 2. The highest BCUT2D eigenvalue weighted by atomic mass is 127. The molecule has 8 heterocycles. The van der Waals surface area contributed by atoms with Crippen molar-refractivity contribution in [2.24, 2.45) is 11.8 Å². The SMILES string of the molecule is C#CCC1CCN(C(=O)Oc2ccc(OC)cc2)CC1.COc1ccc(OC(=O)N2CCC(CC#Cc3nc(N)c4ncn([C@@H]5O[C@H](CO)C(O)[C@@H]5O)c4n3)CC2)cc1.Nc1nc(I)nc2c1ncn2[C@@H]1O[C@H](CO)C(O)[C@@H]1O. The molecule has 0 saturated carbocycles. The third-order valence-electron chi connectivity index (χ3n) is 13.7. The lowest BCUT2D eigenvalue weighted by atomic mass is 9.94. The van der Waals surface area contributed by atoms with Crippen molar-refractivity contribution in [2.45, 2.75) is 87.6 Å². The largest absolute Gasteiger partial charge is 0.497 e. The zero-order valence-corrected chi connectivity index (χ0v) is 45.2. The highest BCUT2D eigenvalue weighted by Gasteiger charge is 2.45. The van der Waals surface area contributed by atoms with Gasteiger partial charge in [-0.05, 0) is 92.0 Å². The number of halogens is 1. The van der Waals surface area contributed by atoms with Crippen molar-refractivity contribution in [3.8, 4) is 47.2 Å². The van der Waals surface area contributed by atoms with E-state index in [-0.39, 0.29) is 29.6 Å². The van der Waals surface area contributed by atoms with Crippen LogP contribution in [0.25, 0.3) is 22.3 Å². The molecule has 8 atom stereocenters. The molecule has 26 nitrogen and oxygen atoms in total. The molecule has 6 aromatic rings. The molecule has 4 aromatic heterocycles. The molecule has 0 aliphatic carbocycles. The van der Waals surface area contributed by atoms with Gasteiger partial charge >= 0.3 is 12.2 Å². The molecule has 10 N–H and O–H groups in total. The Balaban J connectivity index is 0.000000172. The summed E-state index contributed by atoms with van der Waals surface area (Å²) in [5, 5.41) is 58.8. The van der Waals surface area contributed by atoms with E-state index in [1.165, 1.54) is 21.8 Å². The van der Waals surface area contributed by atoms with Gasteiger partial charge in [-0.25, -0.2) is 39.5 Å². The standard InChI is InChI=1S/C26H30N6O7.C16H19NO3.C10H12IN5O4/c1-37-16-5-7-17(8-6-16)38-26(36)31-11-9-15(10-12-31)3-2-4-19-29-23(27)20-24(30-19)32(14-28-20)25-22(35)21(34)18(13-33)39-25;1-3-4-13-9-11-17(12-10-13)16(18)20-15-7-5-14(19-2)6-8-15;11-10-14-7(12)4-8(15-10)16(2-13-4)9-6(19)5(18)3(1-17)20-9/h5-8,14-15,18,21-22,25,33-35H,3,9-13H2,1H3,(H2,27,29,30);1,5-8,13H,4,9-12H2,2H3;2-3,5-6,9,17-19H,1H2,(H2,12,14,15)/t18-,21?,22+,25-;;3-,5?,6+,9-/m1.1/s1. The Hall–Kier alpha value is -7.19. The third kappa shape index (κ3) is 13.8. The number of aliphatic hydroxyl groups is 6. The second kappa shape index (κ2) is 26.6. The summed E-state index contributed by atoms with van der Waals surface area (Å²) < 4.78 is 35.3. The smallest absolute Gasteiger partial charge is 0.415 e. The van der Waals surface area contributed by atoms with E-state index in [4.69, 9.17) is 51.4 Å². The van der Waals surface area contributed by atoms with Crippen LogP contribution < -0.4 is 30.4 Å². The average molecular weight is 1210 g/mol. The fourth-order valence-corrected chi connectivity index (χ4v) is 9.68. The number of rotatable bonds is 10. The minimum Gasteiger partial charge on any atom is -0.497 e. The van der Waals surface area contributed by atoms with Crippen LogP contribution in [-0.2, 0) is 9.47 Å². The van der Waals surface area contributed by atoms with Crippen molar-refractivity contribution < 1.29 is 68.6 Å². The van der Waals surface area contributed by atoms with Crippen LogP contribution in [0.3, 0.4) is 0 Å². The average Bonchev–Trinajstić information content (AvgIpc) is 4.45. The summed E-state index contributed by atoms with van der Waals surface area (Å²) in [5.41, 5.74) is 13.2. The zero-order chi connectivity index (χ0) is 56.3. The number of amides is 2. The Bertz CT molecular complexity index is 3130. The van der Waals surface area contributed by atoms with E-state index in [1.807, 2.05) is 22.6 Å². The maximum absolute atomic E-state index is 12.5. The second-order valence-electron chi connectivity index (χ2n) is 18.8. The molecule has 2 unspecified atom stereocenters. The lowest BCUT2D eigenvalue weighted by Crippen LogP contribution is -2.40. The first kappa shape index (κ1) is 58.0. The van der Waals surface area contributed by atoms with Gasteiger partial charge < -0.3 is 80.3 Å². The number of imidazole rings is 2. The lowest BCUT2D eigenvalue weighted by molar-refractivity contribution is -0.0511. The van der Waals surface area contributed by atoms with Crippen molar-refractivity contribution in [3.05, 3.63) is 70.8 Å². The van der Waals surface area contributed by atoms with Gasteiger partial charge in [0.1, 0.15) is 70.7 Å². The molecule has 0 bridgehead atoms. The number of methoxy groups -OCH3 is 2. The predicted molar refractivity (Wildman–Crippen MR) is 290 cm³/mol. The molecule has 79 heavy (non-hydrogen) atoms. The van der Waals surface area contributed by atoms with E-state index >= 15 is 0 Å². The van der Waals surface area contributed by atoms with Crippen LogP contribution in [0.4, 0.5) is 21.2 Å². The van der Waals surface area contributed by atoms with Crippen LogP contribution in [0, 0.1) is 39.9 Å². The molecular formula is C52H61IN12O14. The number of carbonyl (C=O) groups is 2. The van der Waals surface area contributed by atoms with E-state index in [0.717, 1.165) is 37.9 Å². The number of anilines is 2. The first-order chi connectivity index (χ1) is 38.1. The molecular weight excluding hydrogens is 1140 g/mol. The van der Waals surface area contributed by atoms with Crippen LogP contribution in [0.5, 0.6) is 23.0 Å². The topological polar surface area (TPSA) is 357 Å². The minimum atomic E-state index is -1.29. The molecule has 0 spiro atoms. The number of nitrogens with zero attached hydrogens (tertiary/aromatic N) is 10. The summed E-state index contributed by atoms with van der Waals surface area (Å²) in [6, 6.07) is 13.8. The number of terminal acetylenes is 1. The van der Waals surface area contributed by atoms with Crippen LogP contribution in [-0.4, -0.2) is 182 Å². The number of nitrogens with two attached hydrogens (primary N) is 2. The molecule has 27 heteroatoms. The monoisotopic (exact) mass is 1200 g/mol. The molecule has 4 saturated heterocycles. The van der Waals surface area contributed by atoms with Crippen LogP contribution in [0.2, 0.25) is 0 Å². The lowest BCUT2D eigenvalue weighted by Gasteiger charge is -2.30. The van der Waals surface area contributed by atoms with Crippen molar-refractivity contribution >= 4 is 68.7 Å². The van der Waals surface area contributed by atoms with Crippen molar-refractivity contribution in [2.75, 3.05) is 65.1 Å². The van der Waals surface area contributed by atoms with Gasteiger partial charge in [0.05, 0.1) is 40.1 Å². The highest BCUT2D eigenvalue weighted by molar-refractivity contribution is 14.1. The number of piperidine rings is 2. The molecule has 4 aliphatic heterocycles. The molecule has 2 amide bonds. The van der Waals surface area contributed by atoms with Gasteiger partial charge in [-0.15, -0.1) is 12.3 Å². The Morgan fingerprint density at radius 1 is 0.646 bits per heavy atom. The Labute approximate surface area is 466 Å². The van der Waals surface area contributed by atoms with Gasteiger partial charge in [-0.1, -0.05) is 5.92 Å². The van der Waals surface area contributed by atoms with E-state index in [1.54, 1.807) is 72.6 Å². The van der Waals surface area contributed by atoms with Crippen LogP contribution in [0.15, 0.2) is 61.2 Å². The maximum Gasteiger partial charge on any atom is 0.415 e. The normalized spacial score (nSPS) is 23.1. The number of aliphatic hydroxyl groups excluding tert-OH is 6. The fraction of sp³-hybridized carbons (Fsp3) is 0.462. The second-order valence-corrected chi connectivity index (χ2v) is 19.7. The van der Waals surface area contributed by atoms with Crippen LogP contribution in [0.1, 0.15) is 56.8 Å². The molecule has 4 aliphatic rings. The minimum absolute atomic E-state index is 0.124. The zero-order valence-electron chi connectivity index (χ0n) is 43.1. The summed E-state index contributed by atoms with van der Waals surface area (Å²) in [6.07, 6.45) is 3.68. The van der Waals surface area contributed by atoms with E-state index in [2.05, 4.69) is 47.7 Å². The first-order valence-electron chi connectivity index (χ1n) is 25.2. The molecule has 4 fully saturated rings. The predicted octanol–water partition coefficient (Wildman–Crippen LogP) is 2.24. The Kier molecular flexibility index (Phi) is 19.6. The summed E-state index contributed by atoms with van der Waals surface area (Å²) in [4.78, 5) is 53.1. The van der Waals surface area contributed by atoms with E-state index < -0.39 is 62.3 Å².